The molecule has 1 saturated heterocycles. The molecule has 1 aromatic carbocycles. The third-order valence-electron chi connectivity index (χ3n) is 5.07. The summed E-state index contributed by atoms with van der Waals surface area (Å²) in [4.78, 5) is 11.2. The fourth-order valence-corrected chi connectivity index (χ4v) is 3.51. The van der Waals surface area contributed by atoms with E-state index < -0.39 is 0 Å². The number of aryl methyl sites for hydroxylation is 1. The van der Waals surface area contributed by atoms with Crippen LogP contribution < -0.4 is 4.74 Å². The molecular formula is C21H25N5O. The molecule has 27 heavy (non-hydrogen) atoms. The first kappa shape index (κ1) is 17.7. The summed E-state index contributed by atoms with van der Waals surface area (Å²) in [6.45, 7) is 5.07. The number of nitrogens with zero attached hydrogens (tertiary/aromatic N) is 4. The fraction of sp³-hybridized carbons (Fsp3) is 0.381. The number of H-pyrrole nitrogens is 1. The SMILES string of the molecule is CCc1nc(C2CCN(Cc3ccccc3Oc3cccnc3)CC2)n[nH]1. The number of likely N-dealkylation sites (tertiary alicyclic amines) is 1. The molecular weight excluding hydrogens is 338 g/mol. The summed E-state index contributed by atoms with van der Waals surface area (Å²) < 4.78 is 6.04. The molecule has 3 heterocycles. The Balaban J connectivity index is 1.38. The number of rotatable bonds is 6. The topological polar surface area (TPSA) is 66.9 Å². The van der Waals surface area contributed by atoms with E-state index in [-0.39, 0.29) is 0 Å². The van der Waals surface area contributed by atoms with Crippen LogP contribution in [0.25, 0.3) is 0 Å². The second-order valence-corrected chi connectivity index (χ2v) is 6.94. The lowest BCUT2D eigenvalue weighted by Crippen LogP contribution is -2.32. The number of ether oxygens (including phenoxy) is 1. The fourth-order valence-electron chi connectivity index (χ4n) is 3.51. The molecule has 1 aliphatic heterocycles. The molecule has 0 amide bonds. The number of aromatic amines is 1. The number of pyridine rings is 1. The minimum absolute atomic E-state index is 0.458. The molecule has 3 aromatic rings. The van der Waals surface area contributed by atoms with E-state index >= 15 is 0 Å². The highest BCUT2D eigenvalue weighted by molar-refractivity contribution is 5.37. The minimum Gasteiger partial charge on any atom is -0.455 e. The van der Waals surface area contributed by atoms with Crippen LogP contribution in [0.15, 0.2) is 48.8 Å². The summed E-state index contributed by atoms with van der Waals surface area (Å²) in [6.07, 6.45) is 6.57. The number of nitrogens with one attached hydrogen (secondary N) is 1. The van der Waals surface area contributed by atoms with Crippen molar-refractivity contribution in [3.8, 4) is 11.5 Å². The third kappa shape index (κ3) is 4.34. The van der Waals surface area contributed by atoms with Crippen LogP contribution in [0.2, 0.25) is 0 Å². The van der Waals surface area contributed by atoms with Crippen molar-refractivity contribution in [3.63, 3.8) is 0 Å². The van der Waals surface area contributed by atoms with Gasteiger partial charge in [0, 0.05) is 30.6 Å². The van der Waals surface area contributed by atoms with Gasteiger partial charge in [0.05, 0.1) is 6.20 Å². The molecule has 2 aromatic heterocycles. The summed E-state index contributed by atoms with van der Waals surface area (Å²) >= 11 is 0. The number of para-hydroxylation sites is 1. The van der Waals surface area contributed by atoms with Crippen molar-refractivity contribution in [2.45, 2.75) is 38.6 Å². The first-order chi connectivity index (χ1) is 13.3. The van der Waals surface area contributed by atoms with Crippen molar-refractivity contribution in [3.05, 3.63) is 66.0 Å². The molecule has 0 unspecified atom stereocenters. The highest BCUT2D eigenvalue weighted by Gasteiger charge is 2.24. The lowest BCUT2D eigenvalue weighted by atomic mass is 9.96. The number of hydrogen-bond acceptors (Lipinski definition) is 5. The zero-order valence-electron chi connectivity index (χ0n) is 15.6. The highest BCUT2D eigenvalue weighted by Crippen LogP contribution is 2.29. The number of hydrogen-bond donors (Lipinski definition) is 1. The van der Waals surface area contributed by atoms with Crippen LogP contribution in [0.4, 0.5) is 0 Å². The smallest absolute Gasteiger partial charge is 0.153 e. The van der Waals surface area contributed by atoms with Crippen LogP contribution in [0.1, 0.15) is 42.9 Å². The van der Waals surface area contributed by atoms with Crippen molar-refractivity contribution >= 4 is 0 Å². The summed E-state index contributed by atoms with van der Waals surface area (Å²) in [6, 6.07) is 12.1. The summed E-state index contributed by atoms with van der Waals surface area (Å²) in [5.41, 5.74) is 1.20. The predicted molar refractivity (Wildman–Crippen MR) is 104 cm³/mol. The van der Waals surface area contributed by atoms with Crippen molar-refractivity contribution in [2.24, 2.45) is 0 Å². The largest absolute Gasteiger partial charge is 0.455 e. The van der Waals surface area contributed by atoms with Crippen molar-refractivity contribution in [2.75, 3.05) is 13.1 Å². The van der Waals surface area contributed by atoms with Crippen LogP contribution in [0, 0.1) is 0 Å². The Morgan fingerprint density at radius 3 is 2.74 bits per heavy atom. The van der Waals surface area contributed by atoms with Crippen LogP contribution in [-0.4, -0.2) is 38.2 Å². The van der Waals surface area contributed by atoms with Crippen LogP contribution >= 0.6 is 0 Å². The van der Waals surface area contributed by atoms with Crippen LogP contribution in [0.3, 0.4) is 0 Å². The quantitative estimate of drug-likeness (QED) is 0.719. The maximum absolute atomic E-state index is 6.04. The Labute approximate surface area is 159 Å². The van der Waals surface area contributed by atoms with Gasteiger partial charge in [0.15, 0.2) is 5.82 Å². The second-order valence-electron chi connectivity index (χ2n) is 6.94. The van der Waals surface area contributed by atoms with Crippen molar-refractivity contribution in [1.82, 2.24) is 25.1 Å². The van der Waals surface area contributed by atoms with Gasteiger partial charge in [-0.2, -0.15) is 5.10 Å². The Morgan fingerprint density at radius 2 is 2.00 bits per heavy atom. The predicted octanol–water partition coefficient (Wildman–Crippen LogP) is 3.93. The van der Waals surface area contributed by atoms with E-state index in [1.54, 1.807) is 12.4 Å². The summed E-state index contributed by atoms with van der Waals surface area (Å²) in [7, 11) is 0. The van der Waals surface area contributed by atoms with E-state index in [0.29, 0.717) is 5.92 Å². The van der Waals surface area contributed by atoms with Crippen molar-refractivity contribution in [1.29, 1.82) is 0 Å². The number of aromatic nitrogens is 4. The van der Waals surface area contributed by atoms with Crippen LogP contribution in [-0.2, 0) is 13.0 Å². The van der Waals surface area contributed by atoms with Gasteiger partial charge in [-0.15, -0.1) is 0 Å². The van der Waals surface area contributed by atoms with Gasteiger partial charge in [-0.3, -0.25) is 15.0 Å². The Bertz CT molecular complexity index is 856. The van der Waals surface area contributed by atoms with Gasteiger partial charge < -0.3 is 4.74 Å². The van der Waals surface area contributed by atoms with E-state index in [4.69, 9.17) is 4.74 Å². The van der Waals surface area contributed by atoms with E-state index in [1.165, 1.54) is 5.56 Å². The summed E-state index contributed by atoms with van der Waals surface area (Å²) in [5, 5.41) is 7.44. The van der Waals surface area contributed by atoms with Gasteiger partial charge in [-0.1, -0.05) is 25.1 Å². The molecule has 1 fully saturated rings. The second kappa shape index (κ2) is 8.31. The molecule has 0 bridgehead atoms. The standard InChI is InChI=1S/C21H25N5O/c1-2-20-23-21(25-24-20)16-9-12-26(13-10-16)15-17-6-3-4-8-19(17)27-18-7-5-11-22-14-18/h3-8,11,14,16H,2,9-10,12-13,15H2,1H3,(H,23,24,25). The monoisotopic (exact) mass is 363 g/mol. The van der Waals surface area contributed by atoms with Crippen LogP contribution in [0.5, 0.6) is 11.5 Å². The molecule has 140 valence electrons. The maximum atomic E-state index is 6.04. The van der Waals surface area contributed by atoms with E-state index in [9.17, 15) is 0 Å². The van der Waals surface area contributed by atoms with Crippen molar-refractivity contribution < 1.29 is 4.74 Å². The van der Waals surface area contributed by atoms with Gasteiger partial charge in [0.25, 0.3) is 0 Å². The average Bonchev–Trinajstić information content (AvgIpc) is 3.20. The normalized spacial score (nSPS) is 15.7. The molecule has 0 atom stereocenters. The Kier molecular flexibility index (Phi) is 5.44. The highest BCUT2D eigenvalue weighted by atomic mass is 16.5. The van der Waals surface area contributed by atoms with Gasteiger partial charge in [0.1, 0.15) is 17.3 Å². The van der Waals surface area contributed by atoms with E-state index in [2.05, 4.69) is 44.1 Å². The van der Waals surface area contributed by atoms with E-state index in [1.807, 2.05) is 24.3 Å². The molecule has 1 N–H and O–H groups in total. The lowest BCUT2D eigenvalue weighted by molar-refractivity contribution is 0.200. The lowest BCUT2D eigenvalue weighted by Gasteiger charge is -2.31. The molecule has 6 heteroatoms. The zero-order chi connectivity index (χ0) is 18.5. The molecule has 6 nitrogen and oxygen atoms in total. The first-order valence-corrected chi connectivity index (χ1v) is 9.61. The molecule has 1 aliphatic rings. The molecule has 0 spiro atoms. The van der Waals surface area contributed by atoms with E-state index in [0.717, 1.165) is 62.0 Å². The molecule has 0 saturated carbocycles. The Morgan fingerprint density at radius 1 is 1.15 bits per heavy atom. The van der Waals surface area contributed by atoms with Gasteiger partial charge in [-0.05, 0) is 44.1 Å². The summed E-state index contributed by atoms with van der Waals surface area (Å²) in [5.74, 6) is 4.08. The maximum Gasteiger partial charge on any atom is 0.153 e. The number of piperidine rings is 1. The first-order valence-electron chi connectivity index (χ1n) is 9.61. The van der Waals surface area contributed by atoms with Gasteiger partial charge in [0.2, 0.25) is 0 Å². The van der Waals surface area contributed by atoms with Gasteiger partial charge in [-0.25, -0.2) is 4.98 Å². The average molecular weight is 363 g/mol. The third-order valence-corrected chi connectivity index (χ3v) is 5.07. The molecule has 0 aliphatic carbocycles. The Hall–Kier alpha value is -2.73. The van der Waals surface area contributed by atoms with Gasteiger partial charge >= 0.3 is 0 Å². The zero-order valence-corrected chi connectivity index (χ0v) is 15.6. The molecule has 4 rings (SSSR count). The molecule has 0 radical (unpaired) electrons. The minimum atomic E-state index is 0.458. The number of benzene rings is 1.